The molecule has 1 saturated carbocycles. The van der Waals surface area contributed by atoms with E-state index in [4.69, 9.17) is 0 Å². The number of nitrogens with one attached hydrogen (secondary N) is 2. The molecule has 3 amide bonds. The Morgan fingerprint density at radius 3 is 2.84 bits per heavy atom. The zero-order valence-corrected chi connectivity index (χ0v) is 15.1. The van der Waals surface area contributed by atoms with Crippen molar-refractivity contribution >= 4 is 34.6 Å². The Labute approximate surface area is 152 Å². The summed E-state index contributed by atoms with van der Waals surface area (Å²) in [5.74, 6) is 0.376. The highest BCUT2D eigenvalue weighted by atomic mass is 32.2. The molecule has 2 aromatic rings. The Morgan fingerprint density at radius 2 is 2.00 bits per heavy atom. The van der Waals surface area contributed by atoms with Gasteiger partial charge in [0.25, 0.3) is 0 Å². The van der Waals surface area contributed by atoms with Gasteiger partial charge in [0, 0.05) is 22.5 Å². The number of imide groups is 1. The fourth-order valence-electron chi connectivity index (χ4n) is 3.24. The van der Waals surface area contributed by atoms with Crippen molar-refractivity contribution in [3.63, 3.8) is 0 Å². The summed E-state index contributed by atoms with van der Waals surface area (Å²) in [6, 6.07) is 9.49. The van der Waals surface area contributed by atoms with Gasteiger partial charge in [-0.25, -0.2) is 4.79 Å². The summed E-state index contributed by atoms with van der Waals surface area (Å²) in [4.78, 5) is 29.4. The van der Waals surface area contributed by atoms with Crippen molar-refractivity contribution in [2.75, 3.05) is 5.75 Å². The van der Waals surface area contributed by atoms with Crippen molar-refractivity contribution in [2.45, 2.75) is 43.5 Å². The van der Waals surface area contributed by atoms with Gasteiger partial charge in [-0.2, -0.15) is 0 Å². The predicted octanol–water partition coefficient (Wildman–Crippen LogP) is 3.73. The summed E-state index contributed by atoms with van der Waals surface area (Å²) < 4.78 is 0. The summed E-state index contributed by atoms with van der Waals surface area (Å²) >= 11 is 1.41. The van der Waals surface area contributed by atoms with Gasteiger partial charge in [-0.1, -0.05) is 38.0 Å². The Hall–Kier alpha value is -2.08. The molecule has 132 valence electrons. The largest absolute Gasteiger partial charge is 0.335 e. The normalized spacial score (nSPS) is 20.2. The molecular weight excluding hydrogens is 334 g/mol. The van der Waals surface area contributed by atoms with Crippen molar-refractivity contribution in [1.82, 2.24) is 15.6 Å². The van der Waals surface area contributed by atoms with E-state index in [0.29, 0.717) is 5.92 Å². The van der Waals surface area contributed by atoms with Crippen molar-refractivity contribution in [3.05, 3.63) is 36.5 Å². The lowest BCUT2D eigenvalue weighted by Gasteiger charge is -2.29. The number of hydrogen-bond donors (Lipinski definition) is 2. The van der Waals surface area contributed by atoms with Crippen LogP contribution in [-0.4, -0.2) is 28.7 Å². The minimum absolute atomic E-state index is 0.165. The monoisotopic (exact) mass is 357 g/mol. The fourth-order valence-corrected chi connectivity index (χ4v) is 4.08. The van der Waals surface area contributed by atoms with Crippen LogP contribution in [0.4, 0.5) is 4.79 Å². The molecule has 1 fully saturated rings. The molecule has 3 rings (SSSR count). The molecule has 1 aromatic carbocycles. The molecule has 0 bridgehead atoms. The topological polar surface area (TPSA) is 71.1 Å². The van der Waals surface area contributed by atoms with E-state index in [9.17, 15) is 9.59 Å². The van der Waals surface area contributed by atoms with Crippen molar-refractivity contribution in [1.29, 1.82) is 0 Å². The van der Waals surface area contributed by atoms with Crippen LogP contribution in [0.1, 0.15) is 32.6 Å². The van der Waals surface area contributed by atoms with Gasteiger partial charge in [-0.3, -0.25) is 15.1 Å². The minimum Gasteiger partial charge on any atom is -0.335 e. The molecule has 6 heteroatoms. The van der Waals surface area contributed by atoms with E-state index >= 15 is 0 Å². The lowest BCUT2D eigenvalue weighted by molar-refractivity contribution is -0.117. The van der Waals surface area contributed by atoms with Gasteiger partial charge < -0.3 is 5.32 Å². The molecule has 2 N–H and O–H groups in total. The van der Waals surface area contributed by atoms with E-state index in [1.165, 1.54) is 18.2 Å². The molecule has 5 nitrogen and oxygen atoms in total. The zero-order chi connectivity index (χ0) is 17.6. The number of hydrogen-bond acceptors (Lipinski definition) is 4. The van der Waals surface area contributed by atoms with Gasteiger partial charge >= 0.3 is 6.03 Å². The van der Waals surface area contributed by atoms with Gasteiger partial charge in [0.2, 0.25) is 5.91 Å². The number of fused-ring (bicyclic) bond motifs is 1. The molecule has 1 aromatic heterocycles. The second kappa shape index (κ2) is 8.34. The average molecular weight is 357 g/mol. The number of nitrogens with zero attached hydrogens (tertiary/aromatic N) is 1. The van der Waals surface area contributed by atoms with Gasteiger partial charge in [-0.15, -0.1) is 11.8 Å². The SMILES string of the molecule is CC1CCCCC1NC(=O)NC(=O)CSc1ccnc2ccccc12. The molecule has 25 heavy (non-hydrogen) atoms. The molecule has 1 heterocycles. The maximum atomic E-state index is 12.1. The second-order valence-corrected chi connectivity index (χ2v) is 7.52. The molecule has 0 saturated heterocycles. The van der Waals surface area contributed by atoms with Gasteiger partial charge in [0.05, 0.1) is 11.3 Å². The molecule has 2 atom stereocenters. The maximum absolute atomic E-state index is 12.1. The standard InChI is InChI=1S/C19H23N3O2S/c1-13-6-2-4-8-15(13)21-19(24)22-18(23)12-25-17-10-11-20-16-9-5-3-7-14(16)17/h3,5,7,9-11,13,15H,2,4,6,8,12H2,1H3,(H2,21,22,23,24). The number of thioether (sulfide) groups is 1. The molecule has 2 unspecified atom stereocenters. The van der Waals surface area contributed by atoms with Crippen LogP contribution in [0.5, 0.6) is 0 Å². The first-order chi connectivity index (χ1) is 12.1. The van der Waals surface area contributed by atoms with E-state index in [1.807, 2.05) is 30.3 Å². The molecule has 0 spiro atoms. The predicted molar refractivity (Wildman–Crippen MR) is 101 cm³/mol. The maximum Gasteiger partial charge on any atom is 0.321 e. The molecular formula is C19H23N3O2S. The highest BCUT2D eigenvalue weighted by molar-refractivity contribution is 8.00. The number of rotatable bonds is 4. The van der Waals surface area contributed by atoms with Crippen LogP contribution < -0.4 is 10.6 Å². The van der Waals surface area contributed by atoms with Gasteiger partial charge in [0.1, 0.15) is 0 Å². The summed E-state index contributed by atoms with van der Waals surface area (Å²) in [5.41, 5.74) is 0.900. The van der Waals surface area contributed by atoms with E-state index < -0.39 is 0 Å². The smallest absolute Gasteiger partial charge is 0.321 e. The van der Waals surface area contributed by atoms with Crippen LogP contribution in [0, 0.1) is 5.92 Å². The number of amides is 3. The fraction of sp³-hybridized carbons (Fsp3) is 0.421. The second-order valence-electron chi connectivity index (χ2n) is 6.50. The summed E-state index contributed by atoms with van der Waals surface area (Å²) in [6.45, 7) is 2.15. The summed E-state index contributed by atoms with van der Waals surface area (Å²) in [5, 5.41) is 6.39. The first-order valence-electron chi connectivity index (χ1n) is 8.70. The number of carbonyl (C=O) groups is 2. The third-order valence-corrected chi connectivity index (χ3v) is 5.72. The Kier molecular flexibility index (Phi) is 5.91. The minimum atomic E-state index is -0.385. The Bertz CT molecular complexity index is 760. The number of pyridine rings is 1. The lowest BCUT2D eigenvalue weighted by Crippen LogP contribution is -2.48. The number of para-hydroxylation sites is 1. The Morgan fingerprint density at radius 1 is 1.20 bits per heavy atom. The quantitative estimate of drug-likeness (QED) is 0.818. The molecule has 1 aliphatic carbocycles. The van der Waals surface area contributed by atoms with Crippen LogP contribution in [0.2, 0.25) is 0 Å². The van der Waals surface area contributed by atoms with Crippen LogP contribution >= 0.6 is 11.8 Å². The average Bonchev–Trinajstić information content (AvgIpc) is 2.62. The van der Waals surface area contributed by atoms with Crippen molar-refractivity contribution in [2.24, 2.45) is 5.92 Å². The zero-order valence-electron chi connectivity index (χ0n) is 14.3. The van der Waals surface area contributed by atoms with Crippen LogP contribution in [0.15, 0.2) is 41.4 Å². The van der Waals surface area contributed by atoms with E-state index in [0.717, 1.165) is 35.1 Å². The first-order valence-corrected chi connectivity index (χ1v) is 9.69. The third-order valence-electron chi connectivity index (χ3n) is 4.65. The van der Waals surface area contributed by atoms with Crippen molar-refractivity contribution in [3.8, 4) is 0 Å². The van der Waals surface area contributed by atoms with Crippen LogP contribution in [-0.2, 0) is 4.79 Å². The van der Waals surface area contributed by atoms with Crippen LogP contribution in [0.3, 0.4) is 0 Å². The summed E-state index contributed by atoms with van der Waals surface area (Å²) in [7, 11) is 0. The van der Waals surface area contributed by atoms with Crippen molar-refractivity contribution < 1.29 is 9.59 Å². The molecule has 0 radical (unpaired) electrons. The van der Waals surface area contributed by atoms with E-state index in [-0.39, 0.29) is 23.7 Å². The van der Waals surface area contributed by atoms with E-state index in [2.05, 4.69) is 22.5 Å². The highest BCUT2D eigenvalue weighted by Gasteiger charge is 2.23. The number of carbonyl (C=O) groups excluding carboxylic acids is 2. The number of urea groups is 1. The Balaban J connectivity index is 1.51. The van der Waals surface area contributed by atoms with Gasteiger partial charge in [0.15, 0.2) is 0 Å². The van der Waals surface area contributed by atoms with E-state index in [1.54, 1.807) is 6.20 Å². The first kappa shape index (κ1) is 17.7. The van der Waals surface area contributed by atoms with Gasteiger partial charge in [-0.05, 0) is 30.9 Å². The summed E-state index contributed by atoms with van der Waals surface area (Å²) in [6.07, 6.45) is 6.20. The number of benzene rings is 1. The van der Waals surface area contributed by atoms with Crippen LogP contribution in [0.25, 0.3) is 10.9 Å². The highest BCUT2D eigenvalue weighted by Crippen LogP contribution is 2.26. The third kappa shape index (κ3) is 4.72. The number of aromatic nitrogens is 1. The molecule has 1 aliphatic rings. The molecule has 0 aliphatic heterocycles. The lowest BCUT2D eigenvalue weighted by atomic mass is 9.86.